The highest BCUT2D eigenvalue weighted by Gasteiger charge is 2.73. The molecule has 2 rings (SSSR count). The van der Waals surface area contributed by atoms with Gasteiger partial charge in [-0.3, -0.25) is 9.59 Å². The van der Waals surface area contributed by atoms with Crippen LogP contribution in [0.2, 0.25) is 0 Å². The van der Waals surface area contributed by atoms with Gasteiger partial charge in [0.15, 0.2) is 0 Å². The standard InChI is InChI=1S/C22H20BrF7N2O2S/c1-11-9-13(20(24,21(25,26)27)22(28,29)30)7-8-16(11)32-18(33)14-5-4-6-15(23)17(14)19(34)31-12(2)10-35-3/h4-9,12H,10H2,1-3H3,(H,31,34)(H,32,33)/t12-/m0/s1. The largest absolute Gasteiger partial charge is 0.435 e. The first-order valence-corrected chi connectivity index (χ1v) is 12.1. The van der Waals surface area contributed by atoms with Crippen LogP contribution in [0, 0.1) is 6.92 Å². The van der Waals surface area contributed by atoms with Crippen molar-refractivity contribution in [2.75, 3.05) is 17.3 Å². The topological polar surface area (TPSA) is 58.2 Å². The van der Waals surface area contributed by atoms with E-state index >= 15 is 0 Å². The van der Waals surface area contributed by atoms with Crippen LogP contribution in [-0.2, 0) is 5.67 Å². The number of hydrogen-bond donors (Lipinski definition) is 2. The molecule has 0 spiro atoms. The number of hydrogen-bond acceptors (Lipinski definition) is 3. The Bertz CT molecular complexity index is 1090. The van der Waals surface area contributed by atoms with Crippen LogP contribution in [0.3, 0.4) is 0 Å². The summed E-state index contributed by atoms with van der Waals surface area (Å²) in [6, 6.07) is 5.53. The summed E-state index contributed by atoms with van der Waals surface area (Å²) in [5.74, 6) is -0.799. The van der Waals surface area contributed by atoms with Gasteiger partial charge in [0.05, 0.1) is 11.1 Å². The van der Waals surface area contributed by atoms with Crippen LogP contribution in [0.25, 0.3) is 0 Å². The van der Waals surface area contributed by atoms with Crippen LogP contribution >= 0.6 is 27.7 Å². The highest BCUT2D eigenvalue weighted by molar-refractivity contribution is 9.10. The number of benzene rings is 2. The van der Waals surface area contributed by atoms with Crippen molar-refractivity contribution in [1.82, 2.24) is 5.32 Å². The molecule has 2 N–H and O–H groups in total. The Kier molecular flexibility index (Phi) is 8.91. The number of amides is 2. The molecule has 13 heteroatoms. The van der Waals surface area contributed by atoms with Gasteiger partial charge >= 0.3 is 18.0 Å². The summed E-state index contributed by atoms with van der Waals surface area (Å²) in [7, 11) is 0. The molecule has 0 heterocycles. The fourth-order valence-corrected chi connectivity index (χ4v) is 4.36. The lowest BCUT2D eigenvalue weighted by molar-refractivity contribution is -0.348. The Morgan fingerprint density at radius 1 is 1.00 bits per heavy atom. The Balaban J connectivity index is 2.41. The van der Waals surface area contributed by atoms with Crippen molar-refractivity contribution in [2.45, 2.75) is 37.9 Å². The Morgan fingerprint density at radius 2 is 1.60 bits per heavy atom. The number of alkyl halides is 7. The number of thioether (sulfide) groups is 1. The van der Waals surface area contributed by atoms with E-state index in [0.717, 1.165) is 13.0 Å². The Hall–Kier alpha value is -2.28. The van der Waals surface area contributed by atoms with E-state index in [0.29, 0.717) is 22.4 Å². The average Bonchev–Trinajstić information content (AvgIpc) is 2.72. The van der Waals surface area contributed by atoms with Crippen LogP contribution in [0.15, 0.2) is 40.9 Å². The zero-order valence-electron chi connectivity index (χ0n) is 18.5. The maximum absolute atomic E-state index is 14.3. The van der Waals surface area contributed by atoms with Gasteiger partial charge in [-0.05, 0) is 59.8 Å². The molecule has 0 aliphatic heterocycles. The minimum Gasteiger partial charge on any atom is -0.349 e. The Labute approximate surface area is 209 Å². The maximum Gasteiger partial charge on any atom is 0.435 e. The average molecular weight is 589 g/mol. The molecule has 35 heavy (non-hydrogen) atoms. The zero-order valence-corrected chi connectivity index (χ0v) is 20.9. The van der Waals surface area contributed by atoms with Gasteiger partial charge in [-0.1, -0.05) is 18.2 Å². The lowest BCUT2D eigenvalue weighted by Crippen LogP contribution is -2.50. The summed E-state index contributed by atoms with van der Waals surface area (Å²) < 4.78 is 92.9. The van der Waals surface area contributed by atoms with E-state index in [1.165, 1.54) is 30.0 Å². The van der Waals surface area contributed by atoms with Crippen molar-refractivity contribution < 1.29 is 40.3 Å². The van der Waals surface area contributed by atoms with Gasteiger partial charge in [0.2, 0.25) is 0 Å². The first-order chi connectivity index (χ1) is 16.0. The normalized spacial score (nSPS) is 13.3. The van der Waals surface area contributed by atoms with Gasteiger partial charge < -0.3 is 10.6 Å². The summed E-state index contributed by atoms with van der Waals surface area (Å²) in [6.45, 7) is 2.88. The van der Waals surface area contributed by atoms with Gasteiger partial charge in [-0.15, -0.1) is 0 Å². The number of carbonyl (C=O) groups excluding carboxylic acids is 2. The summed E-state index contributed by atoms with van der Waals surface area (Å²) in [4.78, 5) is 25.7. The molecule has 1 atom stereocenters. The zero-order chi connectivity index (χ0) is 26.8. The van der Waals surface area contributed by atoms with Crippen molar-refractivity contribution in [3.63, 3.8) is 0 Å². The fourth-order valence-electron chi connectivity index (χ4n) is 3.23. The first-order valence-electron chi connectivity index (χ1n) is 9.87. The van der Waals surface area contributed by atoms with Crippen molar-refractivity contribution in [3.8, 4) is 0 Å². The van der Waals surface area contributed by atoms with E-state index in [4.69, 9.17) is 0 Å². The van der Waals surface area contributed by atoms with Gasteiger partial charge in [-0.25, -0.2) is 4.39 Å². The lowest BCUT2D eigenvalue weighted by Gasteiger charge is -2.30. The first kappa shape index (κ1) is 29.0. The van der Waals surface area contributed by atoms with E-state index in [2.05, 4.69) is 26.6 Å². The summed E-state index contributed by atoms with van der Waals surface area (Å²) in [5, 5.41) is 5.09. The molecule has 0 fully saturated rings. The summed E-state index contributed by atoms with van der Waals surface area (Å²) in [6.07, 6.45) is -10.7. The molecule has 0 aromatic heterocycles. The van der Waals surface area contributed by atoms with Crippen molar-refractivity contribution >= 4 is 45.2 Å². The van der Waals surface area contributed by atoms with Gasteiger partial charge in [-0.2, -0.15) is 38.1 Å². The molecule has 0 aliphatic carbocycles. The van der Waals surface area contributed by atoms with Crippen LogP contribution in [-0.4, -0.2) is 42.2 Å². The second kappa shape index (κ2) is 10.8. The third kappa shape index (κ3) is 6.11. The minimum absolute atomic E-state index is 0.0101. The molecule has 0 radical (unpaired) electrons. The van der Waals surface area contributed by atoms with E-state index in [1.807, 2.05) is 6.26 Å². The predicted octanol–water partition coefficient (Wildman–Crippen LogP) is 6.78. The molecule has 192 valence electrons. The van der Waals surface area contributed by atoms with Gasteiger partial charge in [0.25, 0.3) is 11.8 Å². The van der Waals surface area contributed by atoms with Crippen LogP contribution in [0.4, 0.5) is 36.4 Å². The summed E-state index contributed by atoms with van der Waals surface area (Å²) >= 11 is 4.71. The van der Waals surface area contributed by atoms with Crippen molar-refractivity contribution in [3.05, 3.63) is 63.1 Å². The molecule has 2 aromatic rings. The predicted molar refractivity (Wildman–Crippen MR) is 123 cm³/mol. The molecule has 0 unspecified atom stereocenters. The molecule has 0 saturated heterocycles. The molecule has 0 saturated carbocycles. The molecule has 2 aromatic carbocycles. The highest BCUT2D eigenvalue weighted by Crippen LogP contribution is 2.53. The van der Waals surface area contributed by atoms with Gasteiger partial charge in [0.1, 0.15) is 0 Å². The molecule has 0 aliphatic rings. The van der Waals surface area contributed by atoms with E-state index < -0.39 is 35.4 Å². The highest BCUT2D eigenvalue weighted by atomic mass is 79.9. The fraction of sp³-hybridized carbons (Fsp3) is 0.364. The van der Waals surface area contributed by atoms with Crippen molar-refractivity contribution in [1.29, 1.82) is 0 Å². The van der Waals surface area contributed by atoms with Crippen LogP contribution in [0.5, 0.6) is 0 Å². The van der Waals surface area contributed by atoms with Crippen LogP contribution < -0.4 is 10.6 Å². The van der Waals surface area contributed by atoms with Crippen LogP contribution in [0.1, 0.15) is 38.8 Å². The molecule has 4 nitrogen and oxygen atoms in total. The number of halogens is 8. The van der Waals surface area contributed by atoms with E-state index in [9.17, 15) is 40.3 Å². The molecule has 0 bridgehead atoms. The smallest absolute Gasteiger partial charge is 0.349 e. The molecular weight excluding hydrogens is 569 g/mol. The molecule has 2 amide bonds. The van der Waals surface area contributed by atoms with E-state index in [1.54, 1.807) is 6.92 Å². The third-order valence-corrected chi connectivity index (χ3v) is 6.43. The number of aryl methyl sites for hydroxylation is 1. The summed E-state index contributed by atoms with van der Waals surface area (Å²) in [5.41, 5.74) is -7.77. The number of nitrogens with one attached hydrogen (secondary N) is 2. The third-order valence-electron chi connectivity index (χ3n) is 4.93. The molecular formula is C22H20BrF7N2O2S. The SMILES string of the molecule is CSC[C@H](C)NC(=O)c1c(Br)cccc1C(=O)Nc1ccc(C(F)(C(F)(F)F)C(F)(F)F)cc1C. The second-order valence-corrected chi connectivity index (χ2v) is 9.40. The van der Waals surface area contributed by atoms with E-state index in [-0.39, 0.29) is 28.4 Å². The second-order valence-electron chi connectivity index (χ2n) is 7.63. The number of rotatable bonds is 7. The number of carbonyl (C=O) groups is 2. The van der Waals surface area contributed by atoms with Gasteiger partial charge in [0, 0.05) is 27.5 Å². The lowest BCUT2D eigenvalue weighted by atomic mass is 9.92. The monoisotopic (exact) mass is 588 g/mol. The quantitative estimate of drug-likeness (QED) is 0.350. The van der Waals surface area contributed by atoms with Crippen molar-refractivity contribution in [2.24, 2.45) is 0 Å². The minimum atomic E-state index is -6.26. The number of anilines is 1. The Morgan fingerprint density at radius 3 is 2.11 bits per heavy atom. The maximum atomic E-state index is 14.3.